The van der Waals surface area contributed by atoms with Crippen molar-refractivity contribution in [1.29, 1.82) is 0 Å². The van der Waals surface area contributed by atoms with Gasteiger partial charge in [-0.1, -0.05) is 12.1 Å². The molecule has 28 heavy (non-hydrogen) atoms. The van der Waals surface area contributed by atoms with Crippen LogP contribution in [-0.2, 0) is 0 Å². The molecule has 0 saturated heterocycles. The molecule has 0 bridgehead atoms. The van der Waals surface area contributed by atoms with Crippen LogP contribution in [0.25, 0.3) is 22.6 Å². The Kier molecular flexibility index (Phi) is 4.55. The van der Waals surface area contributed by atoms with Crippen LogP contribution >= 0.6 is 0 Å². The second-order valence-electron chi connectivity index (χ2n) is 6.01. The van der Waals surface area contributed by atoms with Gasteiger partial charge in [0.15, 0.2) is 5.58 Å². The highest BCUT2D eigenvalue weighted by Gasteiger charge is 2.09. The number of aliphatic imine (C=N–C) groups is 1. The van der Waals surface area contributed by atoms with Crippen LogP contribution in [0.5, 0.6) is 5.75 Å². The number of oxazole rings is 1. The molecule has 0 aliphatic heterocycles. The Morgan fingerprint density at radius 1 is 1.11 bits per heavy atom. The fourth-order valence-corrected chi connectivity index (χ4v) is 2.72. The van der Waals surface area contributed by atoms with Crippen LogP contribution in [0.4, 0.5) is 11.4 Å². The molecule has 7 heteroatoms. The maximum Gasteiger partial charge on any atom is 0.270 e. The van der Waals surface area contributed by atoms with Gasteiger partial charge in [0.1, 0.15) is 11.3 Å². The third kappa shape index (κ3) is 3.59. The number of benzene rings is 3. The lowest BCUT2D eigenvalue weighted by atomic mass is 10.2. The average Bonchev–Trinajstić information content (AvgIpc) is 3.16. The smallest absolute Gasteiger partial charge is 0.270 e. The first-order chi connectivity index (χ1) is 13.6. The number of nitro groups is 1. The van der Waals surface area contributed by atoms with Crippen LogP contribution in [0, 0.1) is 10.1 Å². The van der Waals surface area contributed by atoms with E-state index in [4.69, 9.17) is 9.15 Å². The summed E-state index contributed by atoms with van der Waals surface area (Å²) in [4.78, 5) is 19.3. The van der Waals surface area contributed by atoms with Crippen molar-refractivity contribution in [1.82, 2.24) is 4.98 Å². The second-order valence-corrected chi connectivity index (χ2v) is 6.01. The van der Waals surface area contributed by atoms with Gasteiger partial charge in [0.05, 0.1) is 17.7 Å². The van der Waals surface area contributed by atoms with Crippen molar-refractivity contribution in [2.45, 2.75) is 0 Å². The third-order valence-corrected chi connectivity index (χ3v) is 4.15. The number of methoxy groups -OCH3 is 1. The summed E-state index contributed by atoms with van der Waals surface area (Å²) in [7, 11) is 1.62. The first-order valence-corrected chi connectivity index (χ1v) is 8.46. The molecule has 4 aromatic rings. The van der Waals surface area contributed by atoms with Gasteiger partial charge in [-0.25, -0.2) is 4.98 Å². The molecule has 0 aliphatic rings. The van der Waals surface area contributed by atoms with Crippen molar-refractivity contribution >= 4 is 28.7 Å². The molecule has 0 atom stereocenters. The normalized spacial score (nSPS) is 11.2. The third-order valence-electron chi connectivity index (χ3n) is 4.15. The van der Waals surface area contributed by atoms with Gasteiger partial charge in [-0.3, -0.25) is 15.1 Å². The van der Waals surface area contributed by atoms with E-state index in [1.165, 1.54) is 12.1 Å². The number of hydrogen-bond donors (Lipinski definition) is 0. The van der Waals surface area contributed by atoms with E-state index < -0.39 is 4.92 Å². The summed E-state index contributed by atoms with van der Waals surface area (Å²) >= 11 is 0. The number of non-ortho nitro benzene ring substituents is 1. The van der Waals surface area contributed by atoms with Crippen LogP contribution in [0.1, 0.15) is 5.56 Å². The van der Waals surface area contributed by atoms with Gasteiger partial charge in [-0.15, -0.1) is 0 Å². The molecule has 138 valence electrons. The number of nitro benzene ring substituents is 1. The quantitative estimate of drug-likeness (QED) is 0.274. The molecule has 0 amide bonds. The lowest BCUT2D eigenvalue weighted by Gasteiger charge is -1.99. The van der Waals surface area contributed by atoms with Crippen LogP contribution in [0.3, 0.4) is 0 Å². The summed E-state index contributed by atoms with van der Waals surface area (Å²) < 4.78 is 11.0. The summed E-state index contributed by atoms with van der Waals surface area (Å²) in [5.41, 5.74) is 3.53. The first-order valence-electron chi connectivity index (χ1n) is 8.46. The SMILES string of the molecule is COc1ccc(-c2nc3cc(N=Cc4cccc([N+](=O)[O-])c4)ccc3o2)cc1. The number of rotatable bonds is 5. The molecule has 0 N–H and O–H groups in total. The monoisotopic (exact) mass is 373 g/mol. The second kappa shape index (κ2) is 7.32. The van der Waals surface area contributed by atoms with Crippen molar-refractivity contribution < 1.29 is 14.1 Å². The Morgan fingerprint density at radius 3 is 2.68 bits per heavy atom. The molecule has 0 radical (unpaired) electrons. The molecule has 0 saturated carbocycles. The fraction of sp³-hybridized carbons (Fsp3) is 0.0476. The Labute approximate surface area is 160 Å². The highest BCUT2D eigenvalue weighted by atomic mass is 16.6. The van der Waals surface area contributed by atoms with Crippen LogP contribution in [0.15, 0.2) is 76.1 Å². The molecular weight excluding hydrogens is 358 g/mol. The molecule has 3 aromatic carbocycles. The van der Waals surface area contributed by atoms with Crippen molar-refractivity contribution in [3.05, 3.63) is 82.4 Å². The summed E-state index contributed by atoms with van der Waals surface area (Å²) in [6.07, 6.45) is 1.58. The maximum absolute atomic E-state index is 10.9. The average molecular weight is 373 g/mol. The van der Waals surface area contributed by atoms with Gasteiger partial charge in [-0.2, -0.15) is 0 Å². The van der Waals surface area contributed by atoms with E-state index in [2.05, 4.69) is 9.98 Å². The van der Waals surface area contributed by atoms with E-state index in [1.54, 1.807) is 43.7 Å². The fourth-order valence-electron chi connectivity index (χ4n) is 2.72. The highest BCUT2D eigenvalue weighted by molar-refractivity contribution is 5.85. The molecule has 0 spiro atoms. The number of fused-ring (bicyclic) bond motifs is 1. The Balaban J connectivity index is 1.61. The summed E-state index contributed by atoms with van der Waals surface area (Å²) in [6.45, 7) is 0. The minimum absolute atomic E-state index is 0.0278. The minimum Gasteiger partial charge on any atom is -0.497 e. The Bertz CT molecular complexity index is 1180. The van der Waals surface area contributed by atoms with Crippen LogP contribution in [-0.4, -0.2) is 23.2 Å². The molecule has 1 heterocycles. The maximum atomic E-state index is 10.9. The lowest BCUT2D eigenvalue weighted by molar-refractivity contribution is -0.384. The number of aromatic nitrogens is 1. The summed E-state index contributed by atoms with van der Waals surface area (Å²) in [5.74, 6) is 1.27. The van der Waals surface area contributed by atoms with E-state index in [9.17, 15) is 10.1 Å². The largest absolute Gasteiger partial charge is 0.497 e. The Hall–Kier alpha value is -4.00. The van der Waals surface area contributed by atoms with Crippen LogP contribution in [0.2, 0.25) is 0 Å². The first kappa shape index (κ1) is 17.4. The van der Waals surface area contributed by atoms with Crippen molar-refractivity contribution in [3.8, 4) is 17.2 Å². The minimum atomic E-state index is -0.431. The zero-order chi connectivity index (χ0) is 19.5. The molecule has 0 unspecified atom stereocenters. The molecule has 0 aliphatic carbocycles. The van der Waals surface area contributed by atoms with E-state index in [-0.39, 0.29) is 5.69 Å². The van der Waals surface area contributed by atoms with Gasteiger partial charge in [0.2, 0.25) is 5.89 Å². The van der Waals surface area contributed by atoms with Crippen molar-refractivity contribution in [2.75, 3.05) is 7.11 Å². The van der Waals surface area contributed by atoms with Gasteiger partial charge in [0.25, 0.3) is 5.69 Å². The van der Waals surface area contributed by atoms with Gasteiger partial charge in [-0.05, 0) is 48.0 Å². The van der Waals surface area contributed by atoms with Crippen molar-refractivity contribution in [2.24, 2.45) is 4.99 Å². The zero-order valence-corrected chi connectivity index (χ0v) is 14.9. The molecular formula is C21H15N3O4. The van der Waals surface area contributed by atoms with E-state index in [0.29, 0.717) is 28.2 Å². The molecule has 1 aromatic heterocycles. The van der Waals surface area contributed by atoms with Gasteiger partial charge < -0.3 is 9.15 Å². The molecule has 4 rings (SSSR count). The van der Waals surface area contributed by atoms with Crippen LogP contribution < -0.4 is 4.74 Å². The predicted octanol–water partition coefficient (Wildman–Crippen LogP) is 5.16. The van der Waals surface area contributed by atoms with Gasteiger partial charge in [0, 0.05) is 23.9 Å². The van der Waals surface area contributed by atoms with Crippen molar-refractivity contribution in [3.63, 3.8) is 0 Å². The standard InChI is InChI=1S/C21H15N3O4/c1-27-18-8-5-15(6-9-18)21-23-19-12-16(7-10-20(19)28-21)22-13-14-3-2-4-17(11-14)24(25)26/h2-13H,1H3. The van der Waals surface area contributed by atoms with E-state index >= 15 is 0 Å². The van der Waals surface area contributed by atoms with E-state index in [1.807, 2.05) is 24.3 Å². The molecule has 7 nitrogen and oxygen atoms in total. The summed E-state index contributed by atoms with van der Waals surface area (Å²) in [5, 5.41) is 10.9. The predicted molar refractivity (Wildman–Crippen MR) is 106 cm³/mol. The number of ether oxygens (including phenoxy) is 1. The summed E-state index contributed by atoms with van der Waals surface area (Å²) in [6, 6.07) is 19.2. The Morgan fingerprint density at radius 2 is 1.93 bits per heavy atom. The number of hydrogen-bond acceptors (Lipinski definition) is 6. The zero-order valence-electron chi connectivity index (χ0n) is 14.9. The number of nitrogens with zero attached hydrogens (tertiary/aromatic N) is 3. The van der Waals surface area contributed by atoms with E-state index in [0.717, 1.165) is 11.3 Å². The highest BCUT2D eigenvalue weighted by Crippen LogP contribution is 2.28. The topological polar surface area (TPSA) is 90.8 Å². The lowest BCUT2D eigenvalue weighted by Crippen LogP contribution is -1.89. The van der Waals surface area contributed by atoms with Gasteiger partial charge >= 0.3 is 0 Å². The molecule has 0 fully saturated rings.